The maximum absolute atomic E-state index is 11.8. The molecule has 0 saturated heterocycles. The summed E-state index contributed by atoms with van der Waals surface area (Å²) in [5, 5.41) is 0. The Morgan fingerprint density at radius 1 is 1.22 bits per heavy atom. The molecule has 1 heterocycles. The molecule has 1 aromatic rings. The van der Waals surface area contributed by atoms with Gasteiger partial charge in [0.05, 0.1) is 0 Å². The van der Waals surface area contributed by atoms with Crippen LogP contribution in [0.4, 0.5) is 0 Å². The van der Waals surface area contributed by atoms with E-state index in [0.29, 0.717) is 9.50 Å². The van der Waals surface area contributed by atoms with E-state index in [2.05, 4.69) is 27.8 Å². The van der Waals surface area contributed by atoms with Gasteiger partial charge in [-0.1, -0.05) is 19.8 Å². The molecule has 0 aromatic carbocycles. The summed E-state index contributed by atoms with van der Waals surface area (Å²) in [5.41, 5.74) is 2.84. The summed E-state index contributed by atoms with van der Waals surface area (Å²) in [6, 6.07) is 0. The average Bonchev–Trinajstić information content (AvgIpc) is 2.20. The fourth-order valence-corrected chi connectivity index (χ4v) is 4.66. The van der Waals surface area contributed by atoms with Gasteiger partial charge in [0.2, 0.25) is 0 Å². The maximum atomic E-state index is 11.8. The largest absolute Gasteiger partial charge is 0.245 e. The predicted molar refractivity (Wildman–Crippen MR) is 77.7 cm³/mol. The molecule has 1 rings (SSSR count). The first kappa shape index (κ1) is 15.6. The summed E-state index contributed by atoms with van der Waals surface area (Å²) in [4.78, 5) is 4.65. The van der Waals surface area contributed by atoms with Gasteiger partial charge in [0.25, 0.3) is 0 Å². The van der Waals surface area contributed by atoms with Crippen molar-refractivity contribution < 1.29 is 8.42 Å². The van der Waals surface area contributed by atoms with Crippen LogP contribution in [-0.4, -0.2) is 19.7 Å². The molecule has 0 amide bonds. The highest BCUT2D eigenvalue weighted by Crippen LogP contribution is 2.28. The summed E-state index contributed by atoms with van der Waals surface area (Å²) in [6.45, 7) is 5.96. The monoisotopic (exact) mass is 333 g/mol. The van der Waals surface area contributed by atoms with E-state index in [9.17, 15) is 8.42 Å². The van der Waals surface area contributed by atoms with E-state index in [0.717, 1.165) is 42.5 Å². The van der Waals surface area contributed by atoms with Crippen LogP contribution in [0.3, 0.4) is 0 Å². The molecule has 0 radical (unpaired) electrons. The Labute approximate surface area is 118 Å². The number of unbranched alkanes of at least 4 members (excludes halogenated alkanes) is 2. The second-order valence-electron chi connectivity index (χ2n) is 4.65. The van der Waals surface area contributed by atoms with Crippen LogP contribution in [0.5, 0.6) is 0 Å². The predicted octanol–water partition coefficient (Wildman–Crippen LogP) is 3.60. The molecule has 0 unspecified atom stereocenters. The third kappa shape index (κ3) is 3.54. The van der Waals surface area contributed by atoms with Gasteiger partial charge in [0, 0.05) is 11.9 Å². The van der Waals surface area contributed by atoms with Crippen LogP contribution >= 0.6 is 15.9 Å². The lowest BCUT2D eigenvalue weighted by Crippen LogP contribution is -2.08. The van der Waals surface area contributed by atoms with Crippen LogP contribution in [0.2, 0.25) is 0 Å². The molecular formula is C13H20BrNO2S. The van der Waals surface area contributed by atoms with Crippen molar-refractivity contribution in [3.8, 4) is 0 Å². The lowest BCUT2D eigenvalue weighted by molar-refractivity contribution is 0.599. The highest BCUT2D eigenvalue weighted by atomic mass is 79.9. The maximum Gasteiger partial charge on any atom is 0.178 e. The van der Waals surface area contributed by atoms with Crippen molar-refractivity contribution in [2.75, 3.05) is 6.26 Å². The van der Waals surface area contributed by atoms with E-state index in [1.165, 1.54) is 6.26 Å². The van der Waals surface area contributed by atoms with Crippen molar-refractivity contribution in [1.82, 2.24) is 4.98 Å². The van der Waals surface area contributed by atoms with Gasteiger partial charge in [-0.3, -0.25) is 0 Å². The molecule has 0 aliphatic rings. The number of pyridine rings is 1. The fraction of sp³-hybridized carbons (Fsp3) is 0.615. The van der Waals surface area contributed by atoms with E-state index in [1.54, 1.807) is 0 Å². The summed E-state index contributed by atoms with van der Waals surface area (Å²) in [5.74, 6) is 0. The van der Waals surface area contributed by atoms with Gasteiger partial charge >= 0.3 is 0 Å². The molecule has 1 aromatic heterocycles. The van der Waals surface area contributed by atoms with Crippen LogP contribution in [0.25, 0.3) is 0 Å². The number of hydrogen-bond acceptors (Lipinski definition) is 3. The number of hydrogen-bond donors (Lipinski definition) is 0. The molecule has 0 atom stereocenters. The van der Waals surface area contributed by atoms with Crippen LogP contribution in [0.15, 0.2) is 9.50 Å². The minimum Gasteiger partial charge on any atom is -0.245 e. The number of rotatable bonds is 5. The van der Waals surface area contributed by atoms with E-state index < -0.39 is 9.84 Å². The highest BCUT2D eigenvalue weighted by Gasteiger charge is 2.20. The number of aryl methyl sites for hydroxylation is 1. The van der Waals surface area contributed by atoms with E-state index in [4.69, 9.17) is 0 Å². The first-order chi connectivity index (χ1) is 8.29. The van der Waals surface area contributed by atoms with E-state index in [1.807, 2.05) is 13.8 Å². The van der Waals surface area contributed by atoms with Gasteiger partial charge in [-0.15, -0.1) is 0 Å². The Bertz CT molecular complexity index is 538. The lowest BCUT2D eigenvalue weighted by atomic mass is 10.0. The first-order valence-electron chi connectivity index (χ1n) is 6.14. The number of halogens is 1. The Morgan fingerprint density at radius 2 is 1.83 bits per heavy atom. The lowest BCUT2D eigenvalue weighted by Gasteiger charge is -2.14. The average molecular weight is 334 g/mol. The van der Waals surface area contributed by atoms with Crippen molar-refractivity contribution in [2.45, 2.75) is 51.3 Å². The molecule has 0 N–H and O–H groups in total. The third-order valence-electron chi connectivity index (χ3n) is 3.08. The summed E-state index contributed by atoms with van der Waals surface area (Å²) in [7, 11) is -3.24. The molecule has 0 spiro atoms. The van der Waals surface area contributed by atoms with Gasteiger partial charge in [-0.05, 0) is 53.7 Å². The van der Waals surface area contributed by atoms with Crippen molar-refractivity contribution in [2.24, 2.45) is 0 Å². The quantitative estimate of drug-likeness (QED) is 0.611. The molecule has 0 aliphatic heterocycles. The van der Waals surface area contributed by atoms with Crippen molar-refractivity contribution in [3.63, 3.8) is 0 Å². The van der Waals surface area contributed by atoms with E-state index >= 15 is 0 Å². The van der Waals surface area contributed by atoms with Gasteiger partial charge < -0.3 is 0 Å². The van der Waals surface area contributed by atoms with Gasteiger partial charge in [-0.2, -0.15) is 0 Å². The number of sulfone groups is 1. The van der Waals surface area contributed by atoms with Crippen LogP contribution < -0.4 is 0 Å². The molecule has 5 heteroatoms. The molecule has 3 nitrogen and oxygen atoms in total. The normalized spacial score (nSPS) is 11.8. The third-order valence-corrected chi connectivity index (χ3v) is 5.16. The first-order valence-corrected chi connectivity index (χ1v) is 8.83. The number of aromatic nitrogens is 1. The SMILES string of the molecule is CCCCCc1c(C)nc(Br)c(S(C)(=O)=O)c1C. The smallest absolute Gasteiger partial charge is 0.178 e. The fourth-order valence-electron chi connectivity index (χ4n) is 2.18. The topological polar surface area (TPSA) is 47.0 Å². The van der Waals surface area contributed by atoms with E-state index in [-0.39, 0.29) is 0 Å². The van der Waals surface area contributed by atoms with Crippen LogP contribution in [-0.2, 0) is 16.3 Å². The molecule has 0 fully saturated rings. The number of nitrogens with zero attached hydrogens (tertiary/aromatic N) is 1. The van der Waals surface area contributed by atoms with Gasteiger partial charge in [0.1, 0.15) is 9.50 Å². The summed E-state index contributed by atoms with van der Waals surface area (Å²) < 4.78 is 24.0. The molecule has 18 heavy (non-hydrogen) atoms. The summed E-state index contributed by atoms with van der Waals surface area (Å²) >= 11 is 3.26. The molecule has 102 valence electrons. The van der Waals surface area contributed by atoms with Gasteiger partial charge in [0.15, 0.2) is 9.84 Å². The Hall–Kier alpha value is -0.420. The van der Waals surface area contributed by atoms with Crippen molar-refractivity contribution in [1.29, 1.82) is 0 Å². The Morgan fingerprint density at radius 3 is 2.33 bits per heavy atom. The molecule has 0 bridgehead atoms. The minimum absolute atomic E-state index is 0.333. The van der Waals surface area contributed by atoms with Crippen molar-refractivity contribution in [3.05, 3.63) is 21.4 Å². The second kappa shape index (κ2) is 6.15. The summed E-state index contributed by atoms with van der Waals surface area (Å²) in [6.07, 6.45) is 5.51. The van der Waals surface area contributed by atoms with Crippen LogP contribution in [0.1, 0.15) is 43.0 Å². The minimum atomic E-state index is -3.24. The Balaban J connectivity index is 3.28. The zero-order valence-corrected chi connectivity index (χ0v) is 13.8. The van der Waals surface area contributed by atoms with Crippen LogP contribution in [0, 0.1) is 13.8 Å². The molecule has 0 saturated carbocycles. The second-order valence-corrected chi connectivity index (χ2v) is 7.35. The zero-order valence-electron chi connectivity index (χ0n) is 11.4. The Kier molecular flexibility index (Phi) is 5.34. The highest BCUT2D eigenvalue weighted by molar-refractivity contribution is 9.10. The molecular weight excluding hydrogens is 314 g/mol. The zero-order chi connectivity index (χ0) is 13.9. The van der Waals surface area contributed by atoms with Gasteiger partial charge in [-0.25, -0.2) is 13.4 Å². The van der Waals surface area contributed by atoms with Crippen molar-refractivity contribution >= 4 is 25.8 Å². The molecule has 0 aliphatic carbocycles. The standard InChI is InChI=1S/C13H20BrNO2S/c1-5-6-7-8-11-9(2)12(18(4,16)17)13(14)15-10(11)3/h5-8H2,1-4H3.